The van der Waals surface area contributed by atoms with Crippen molar-refractivity contribution in [3.8, 4) is 5.75 Å². The van der Waals surface area contributed by atoms with Gasteiger partial charge in [-0.2, -0.15) is 15.1 Å². The minimum atomic E-state index is -1.96. The molecular weight excluding hydrogens is 1240 g/mol. The number of carbonyl (C=O) groups excluding carboxylic acids is 2. The molecule has 2 aromatic carbocycles. The van der Waals surface area contributed by atoms with Gasteiger partial charge in [0, 0.05) is 43.6 Å². The summed E-state index contributed by atoms with van der Waals surface area (Å²) in [7, 11) is 1.03. The minimum Gasteiger partial charge on any atom is -0.491 e. The Kier molecular flexibility index (Phi) is 38.4. The number of halogens is 5. The number of anilines is 1. The van der Waals surface area contributed by atoms with Crippen molar-refractivity contribution in [1.29, 1.82) is 0 Å². The highest BCUT2D eigenvalue weighted by atomic mass is 35.5. The highest BCUT2D eigenvalue weighted by Gasteiger charge is 2.39. The van der Waals surface area contributed by atoms with Crippen LogP contribution in [-0.4, -0.2) is 214 Å². The molecule has 0 amide bonds. The fraction of sp³-hybridized carbons (Fsp3) is 0.632. The number of nitrogens with zero attached hydrogens (tertiary/aromatic N) is 8. The van der Waals surface area contributed by atoms with Crippen LogP contribution in [0, 0.1) is 23.4 Å². The Balaban J connectivity index is 0.000000282. The van der Waals surface area contributed by atoms with Crippen molar-refractivity contribution in [3.63, 3.8) is 0 Å². The molecule has 494 valence electrons. The molecule has 0 radical (unpaired) electrons. The smallest absolute Gasteiger partial charge is 0.226 e. The van der Waals surface area contributed by atoms with Crippen molar-refractivity contribution in [2.24, 2.45) is 5.92 Å². The first kappa shape index (κ1) is 76.2. The predicted molar refractivity (Wildman–Crippen MR) is 329 cm³/mol. The Morgan fingerprint density at radius 1 is 0.830 bits per heavy atom. The van der Waals surface area contributed by atoms with Gasteiger partial charge in [-0.25, -0.2) is 22.5 Å². The van der Waals surface area contributed by atoms with Crippen LogP contribution in [0.15, 0.2) is 48.8 Å². The van der Waals surface area contributed by atoms with E-state index in [1.54, 1.807) is 28.3 Å². The second-order valence-corrected chi connectivity index (χ2v) is 25.9. The van der Waals surface area contributed by atoms with Crippen LogP contribution in [0.2, 0.25) is 10.3 Å². The topological polar surface area (TPSA) is 277 Å². The molecule has 24 nitrogen and oxygen atoms in total. The molecule has 2 fully saturated rings. The maximum atomic E-state index is 12.5. The summed E-state index contributed by atoms with van der Waals surface area (Å²) in [5.74, 6) is -2.08. The van der Waals surface area contributed by atoms with Crippen LogP contribution < -0.4 is 15.0 Å². The molecule has 1 saturated heterocycles. The predicted octanol–water partition coefficient (Wildman–Crippen LogP) is 8.02. The number of ether oxygens (including phenoxy) is 10. The van der Waals surface area contributed by atoms with Gasteiger partial charge in [-0.05, 0) is 74.4 Å². The van der Waals surface area contributed by atoms with Crippen molar-refractivity contribution < 1.29 is 84.8 Å². The Morgan fingerprint density at radius 2 is 1.43 bits per heavy atom. The number of rotatable bonds is 41. The van der Waals surface area contributed by atoms with Gasteiger partial charge in [0.05, 0.1) is 162 Å². The van der Waals surface area contributed by atoms with Crippen molar-refractivity contribution in [2.45, 2.75) is 83.4 Å². The maximum Gasteiger partial charge on any atom is 0.226 e. The van der Waals surface area contributed by atoms with Crippen LogP contribution in [0.1, 0.15) is 75.4 Å². The molecule has 0 bridgehead atoms. The van der Waals surface area contributed by atoms with Crippen LogP contribution >= 0.6 is 39.1 Å². The normalized spacial score (nSPS) is 15.6. The number of hydrogen-bond acceptors (Lipinski definition) is 22. The van der Waals surface area contributed by atoms with E-state index in [0.29, 0.717) is 153 Å². The molecular formula is C57H87Cl2F3N9O15P2+. The Labute approximate surface area is 524 Å². The van der Waals surface area contributed by atoms with Crippen molar-refractivity contribution in [2.75, 3.05) is 150 Å². The molecule has 7 rings (SSSR count). The summed E-state index contributed by atoms with van der Waals surface area (Å²) in [5, 5.41) is 17.2. The van der Waals surface area contributed by atoms with Gasteiger partial charge < -0.3 is 77.0 Å². The molecule has 3 unspecified atom stereocenters. The van der Waals surface area contributed by atoms with Gasteiger partial charge in [-0.1, -0.05) is 35.9 Å². The first-order valence-electron chi connectivity index (χ1n) is 29.0. The number of aromatic nitrogens is 7. The number of aldehydes is 2. The fourth-order valence-corrected chi connectivity index (χ4v) is 13.0. The fourth-order valence-electron chi connectivity index (χ4n) is 8.49. The maximum absolute atomic E-state index is 12.5. The van der Waals surface area contributed by atoms with E-state index in [-0.39, 0.29) is 36.0 Å². The molecule has 5 aromatic rings. The summed E-state index contributed by atoms with van der Waals surface area (Å²) in [6.45, 7) is 13.5. The number of benzene rings is 2. The van der Waals surface area contributed by atoms with Crippen molar-refractivity contribution in [1.82, 2.24) is 40.1 Å². The molecule has 4 N–H and O–H groups in total. The summed E-state index contributed by atoms with van der Waals surface area (Å²) in [6, 6.07) is 8.32. The van der Waals surface area contributed by atoms with E-state index in [1.807, 2.05) is 43.4 Å². The van der Waals surface area contributed by atoms with E-state index in [0.717, 1.165) is 68.3 Å². The van der Waals surface area contributed by atoms with Crippen LogP contribution in [0.4, 0.5) is 19.0 Å². The monoisotopic (exact) mass is 1330 g/mol. The van der Waals surface area contributed by atoms with Gasteiger partial charge in [-0.3, -0.25) is 4.89 Å². The van der Waals surface area contributed by atoms with E-state index in [1.165, 1.54) is 12.8 Å². The number of nitrogens with one attached hydrogen (secondary N) is 1. The highest BCUT2D eigenvalue weighted by molar-refractivity contribution is 7.78. The highest BCUT2D eigenvalue weighted by Crippen LogP contribution is 2.61. The van der Waals surface area contributed by atoms with Crippen molar-refractivity contribution in [3.05, 3.63) is 87.8 Å². The second kappa shape index (κ2) is 44.3. The quantitative estimate of drug-likeness (QED) is 0.0125. The lowest BCUT2D eigenvalue weighted by atomic mass is 10.0. The van der Waals surface area contributed by atoms with E-state index in [2.05, 4.69) is 42.4 Å². The van der Waals surface area contributed by atoms with Gasteiger partial charge >= 0.3 is 0 Å². The first-order valence-corrected chi connectivity index (χ1v) is 33.8. The number of methoxy groups -OCH3 is 1. The van der Waals surface area contributed by atoms with Crippen LogP contribution in [0.3, 0.4) is 0 Å². The molecule has 88 heavy (non-hydrogen) atoms. The first-order chi connectivity index (χ1) is 42.5. The van der Waals surface area contributed by atoms with Crippen molar-refractivity contribution >= 4 is 68.5 Å². The lowest BCUT2D eigenvalue weighted by Crippen LogP contribution is -2.26. The summed E-state index contributed by atoms with van der Waals surface area (Å²) in [4.78, 5) is 59.5. The third-order valence-corrected chi connectivity index (χ3v) is 18.1. The van der Waals surface area contributed by atoms with Gasteiger partial charge in [0.1, 0.15) is 37.4 Å². The Hall–Kier alpha value is -4.22. The summed E-state index contributed by atoms with van der Waals surface area (Å²) < 4.78 is 94.5. The number of likely N-dealkylation sites (N-methyl/N-ethyl adjacent to an activating group) is 1. The van der Waals surface area contributed by atoms with Gasteiger partial charge in [0.15, 0.2) is 35.2 Å². The van der Waals surface area contributed by atoms with Crippen LogP contribution in [0.5, 0.6) is 5.75 Å². The lowest BCUT2D eigenvalue weighted by molar-refractivity contribution is -0.109. The molecule has 31 heteroatoms. The summed E-state index contributed by atoms with van der Waals surface area (Å²) in [6.07, 6.45) is 12.1. The standard InChI is InChI=1S/C23H44N4O9.C21H23Cl2N5O2.C7H5F3O.C6H15O3P2/c1-24-3-7-30-10-13-33-17-18-35-19-20-36-22-23-21-27(26-25-23)4-8-31-11-14-34-16-15-32-12-9-29-6-2-5-28;1-3-15-7-8-18(30-15)28-20-16(12-24-28)19(25-21(23)26-20)27(2)17(9-10-29)13-5-4-6-14(22)11-13;1-11-7-5(9)2-4(8)3-6(7)10;1-11(9,5-10(7)8)4-6-2-3-6/h5,21,24H,2-4,6-20,22H2,1H3;4-6,10-12,15,17-18H,3,7-9H2,1-2H3;2-3H,1H3;6-9H,2-5H2,1H3/q;;;+1/t;15?,17-,18?;;/m.1../s1. The number of carbonyl (C=O) groups is 2. The summed E-state index contributed by atoms with van der Waals surface area (Å²) >= 11 is 12.5. The van der Waals surface area contributed by atoms with E-state index in [4.69, 9.17) is 75.6 Å². The third kappa shape index (κ3) is 30.7. The summed E-state index contributed by atoms with van der Waals surface area (Å²) in [5.41, 5.74) is 2.29. The van der Waals surface area contributed by atoms with E-state index < -0.39 is 39.1 Å². The molecule has 4 atom stereocenters. The van der Waals surface area contributed by atoms with Crippen LogP contribution in [0.25, 0.3) is 11.0 Å². The Morgan fingerprint density at radius 3 is 1.98 bits per heavy atom. The Bertz CT molecular complexity index is 2690. The lowest BCUT2D eigenvalue weighted by Gasteiger charge is -2.29. The SMILES string of the molecule is CCC1CCC(n2ncc3c(N(C)[C@H](CC=O)c4cccc(Cl)c4)nc(Cl)nc32)O1.CNCCOCCOCCOCCOCc1cn(CCOCCOCCOCCOCCC=O)nn1.COc1c(F)cc(F)cc1F.C[P+](O)(CC1CC1)CP(O)O. The largest absolute Gasteiger partial charge is 0.491 e. The van der Waals surface area contributed by atoms with Gasteiger partial charge in [0.2, 0.25) is 13.7 Å². The second-order valence-electron chi connectivity index (χ2n) is 20.2. The molecule has 2 aliphatic rings. The van der Waals surface area contributed by atoms with Gasteiger partial charge in [0.25, 0.3) is 0 Å². The number of hydrogen-bond donors (Lipinski definition) is 4. The molecule has 0 spiro atoms. The minimum absolute atomic E-state index is 0.118. The van der Waals surface area contributed by atoms with E-state index in [9.17, 15) is 27.7 Å². The zero-order chi connectivity index (χ0) is 63.9. The molecule has 4 heterocycles. The molecule has 3 aromatic heterocycles. The molecule has 1 aliphatic carbocycles. The average molecular weight is 1330 g/mol. The zero-order valence-corrected chi connectivity index (χ0v) is 54.1. The third-order valence-electron chi connectivity index (χ3n) is 12.9. The molecule has 1 aliphatic heterocycles. The van der Waals surface area contributed by atoms with Crippen LogP contribution in [-0.2, 0) is 65.4 Å². The van der Waals surface area contributed by atoms with E-state index >= 15 is 0 Å². The number of fused-ring (bicyclic) bond motifs is 1. The zero-order valence-electron chi connectivity index (χ0n) is 50.8. The molecule has 1 saturated carbocycles. The average Bonchev–Trinajstić information content (AvgIpc) is 2.46. The van der Waals surface area contributed by atoms with Gasteiger partial charge in [-0.15, -0.1) is 5.10 Å².